The highest BCUT2D eigenvalue weighted by atomic mass is 32.2. The number of aromatic nitrogens is 1. The maximum absolute atomic E-state index is 4.96. The van der Waals surface area contributed by atoms with Crippen LogP contribution in [0.25, 0.3) is 0 Å². The fourth-order valence-corrected chi connectivity index (χ4v) is 5.32. The third-order valence-electron chi connectivity index (χ3n) is 4.09. The van der Waals surface area contributed by atoms with E-state index in [1.54, 1.807) is 0 Å². The lowest BCUT2D eigenvalue weighted by molar-refractivity contribution is 0.464. The Hall–Kier alpha value is -0.260. The highest BCUT2D eigenvalue weighted by Crippen LogP contribution is 2.38. The Balaban J connectivity index is 1.76. The fourth-order valence-electron chi connectivity index (χ4n) is 3.05. The zero-order valence-electron chi connectivity index (χ0n) is 12.5. The minimum atomic E-state index is 0.557. The molecule has 1 fully saturated rings. The minimum absolute atomic E-state index is 0.557. The summed E-state index contributed by atoms with van der Waals surface area (Å²) in [5.41, 5.74) is 1.37. The lowest BCUT2D eigenvalue weighted by Gasteiger charge is -2.30. The number of anilines is 1. The lowest BCUT2D eigenvalue weighted by atomic mass is 9.98. The maximum Gasteiger partial charge on any atom is 0.185 e. The van der Waals surface area contributed by atoms with Crippen molar-refractivity contribution >= 4 is 28.2 Å². The first-order valence-corrected chi connectivity index (χ1v) is 9.74. The first kappa shape index (κ1) is 14.7. The third kappa shape index (κ3) is 3.15. The molecule has 2 unspecified atom stereocenters. The lowest BCUT2D eigenvalue weighted by Crippen LogP contribution is -2.36. The molecule has 3 nitrogen and oxygen atoms in total. The average Bonchev–Trinajstić information content (AvgIpc) is 2.89. The highest BCUT2D eigenvalue weighted by molar-refractivity contribution is 8.00. The molecular formula is C15H25N3S2. The Kier molecular flexibility index (Phi) is 4.89. The molecule has 0 saturated carbocycles. The summed E-state index contributed by atoms with van der Waals surface area (Å²) >= 11 is 4.03. The second kappa shape index (κ2) is 6.67. The number of fused-ring (bicyclic) bond motifs is 1. The van der Waals surface area contributed by atoms with Crippen molar-refractivity contribution in [1.82, 2.24) is 10.3 Å². The first-order valence-electron chi connectivity index (χ1n) is 7.87. The smallest absolute Gasteiger partial charge is 0.185 e. The van der Waals surface area contributed by atoms with Gasteiger partial charge < -0.3 is 10.2 Å². The number of thiazole rings is 1. The molecule has 2 heterocycles. The quantitative estimate of drug-likeness (QED) is 0.922. The van der Waals surface area contributed by atoms with E-state index in [1.165, 1.54) is 47.1 Å². The molecule has 20 heavy (non-hydrogen) atoms. The normalized spacial score (nSPS) is 26.6. The molecule has 5 heteroatoms. The van der Waals surface area contributed by atoms with Gasteiger partial charge in [0.1, 0.15) is 0 Å². The molecule has 1 N–H and O–H groups in total. The van der Waals surface area contributed by atoms with Crippen molar-refractivity contribution in [1.29, 1.82) is 0 Å². The number of nitrogens with one attached hydrogen (secondary N) is 1. The summed E-state index contributed by atoms with van der Waals surface area (Å²) in [4.78, 5) is 8.98. The van der Waals surface area contributed by atoms with Crippen LogP contribution in [0.2, 0.25) is 0 Å². The van der Waals surface area contributed by atoms with E-state index in [4.69, 9.17) is 4.98 Å². The Morgan fingerprint density at radius 1 is 1.45 bits per heavy atom. The Bertz CT molecular complexity index is 446. The number of nitrogens with zero attached hydrogens (tertiary/aromatic N) is 2. The van der Waals surface area contributed by atoms with Crippen molar-refractivity contribution in [3.05, 3.63) is 10.6 Å². The molecule has 1 aromatic rings. The summed E-state index contributed by atoms with van der Waals surface area (Å²) in [6, 6.07) is 0.557. The monoisotopic (exact) mass is 311 g/mol. The molecule has 0 radical (unpaired) electrons. The highest BCUT2D eigenvalue weighted by Gasteiger charge is 2.27. The first-order chi connectivity index (χ1) is 9.78. The van der Waals surface area contributed by atoms with Crippen LogP contribution in [-0.2, 0) is 6.42 Å². The van der Waals surface area contributed by atoms with E-state index >= 15 is 0 Å². The number of aryl methyl sites for hydroxylation is 1. The summed E-state index contributed by atoms with van der Waals surface area (Å²) in [5, 5.41) is 5.71. The zero-order chi connectivity index (χ0) is 13.9. The van der Waals surface area contributed by atoms with E-state index in [-0.39, 0.29) is 0 Å². The van der Waals surface area contributed by atoms with Gasteiger partial charge >= 0.3 is 0 Å². The summed E-state index contributed by atoms with van der Waals surface area (Å²) in [6.45, 7) is 8.00. The number of thioether (sulfide) groups is 1. The van der Waals surface area contributed by atoms with Gasteiger partial charge in [0.2, 0.25) is 0 Å². The van der Waals surface area contributed by atoms with Crippen LogP contribution in [0.1, 0.15) is 49.7 Å². The van der Waals surface area contributed by atoms with Gasteiger partial charge in [0, 0.05) is 35.0 Å². The van der Waals surface area contributed by atoms with E-state index < -0.39 is 0 Å². The van der Waals surface area contributed by atoms with Gasteiger partial charge in [-0.05, 0) is 32.2 Å². The fraction of sp³-hybridized carbons (Fsp3) is 0.800. The number of hydrogen-bond acceptors (Lipinski definition) is 5. The molecule has 1 aliphatic carbocycles. The second-order valence-electron chi connectivity index (χ2n) is 5.83. The van der Waals surface area contributed by atoms with Crippen LogP contribution < -0.4 is 10.2 Å². The Morgan fingerprint density at radius 3 is 3.15 bits per heavy atom. The summed E-state index contributed by atoms with van der Waals surface area (Å²) in [7, 11) is 0. The second-order valence-corrected chi connectivity index (χ2v) is 8.39. The van der Waals surface area contributed by atoms with Crippen LogP contribution in [0.4, 0.5) is 5.13 Å². The van der Waals surface area contributed by atoms with Crippen LogP contribution >= 0.6 is 23.1 Å². The van der Waals surface area contributed by atoms with Gasteiger partial charge in [0.25, 0.3) is 0 Å². The van der Waals surface area contributed by atoms with Crippen molar-refractivity contribution in [3.63, 3.8) is 0 Å². The van der Waals surface area contributed by atoms with Crippen molar-refractivity contribution < 1.29 is 0 Å². The van der Waals surface area contributed by atoms with E-state index in [0.717, 1.165) is 24.9 Å². The molecule has 0 spiro atoms. The van der Waals surface area contributed by atoms with Crippen LogP contribution in [-0.4, -0.2) is 35.6 Å². The van der Waals surface area contributed by atoms with Gasteiger partial charge in [-0.1, -0.05) is 25.2 Å². The van der Waals surface area contributed by atoms with E-state index in [9.17, 15) is 0 Å². The van der Waals surface area contributed by atoms with Crippen molar-refractivity contribution in [2.45, 2.75) is 50.8 Å². The molecule has 0 amide bonds. The van der Waals surface area contributed by atoms with Gasteiger partial charge in [-0.2, -0.15) is 11.8 Å². The molecule has 2 atom stereocenters. The number of rotatable bonds is 4. The Morgan fingerprint density at radius 2 is 2.35 bits per heavy atom. The van der Waals surface area contributed by atoms with Crippen LogP contribution in [0.3, 0.4) is 0 Å². The van der Waals surface area contributed by atoms with E-state index in [2.05, 4.69) is 35.8 Å². The molecule has 1 aliphatic heterocycles. The summed E-state index contributed by atoms with van der Waals surface area (Å²) < 4.78 is 0. The molecular weight excluding hydrogens is 286 g/mol. The molecule has 1 saturated heterocycles. The van der Waals surface area contributed by atoms with E-state index in [1.807, 2.05) is 11.3 Å². The van der Waals surface area contributed by atoms with Gasteiger partial charge in [-0.3, -0.25) is 0 Å². The van der Waals surface area contributed by atoms with E-state index in [0.29, 0.717) is 6.04 Å². The molecule has 2 aliphatic rings. The van der Waals surface area contributed by atoms with Crippen molar-refractivity contribution in [3.8, 4) is 0 Å². The molecule has 112 valence electrons. The Labute approximate surface area is 130 Å². The van der Waals surface area contributed by atoms with Crippen LogP contribution in [0.5, 0.6) is 0 Å². The van der Waals surface area contributed by atoms with Gasteiger partial charge in [-0.25, -0.2) is 4.98 Å². The predicted molar refractivity (Wildman–Crippen MR) is 90.2 cm³/mol. The van der Waals surface area contributed by atoms with Crippen LogP contribution in [0.15, 0.2) is 0 Å². The largest absolute Gasteiger partial charge is 0.346 e. The SMILES string of the molecule is CCCNC1CCCc2nc(N3CCSC(C)C3)sc21. The molecule has 0 aromatic carbocycles. The maximum atomic E-state index is 4.96. The van der Waals surface area contributed by atoms with Gasteiger partial charge in [0.15, 0.2) is 5.13 Å². The third-order valence-corrected chi connectivity index (χ3v) is 6.50. The molecule has 0 bridgehead atoms. The standard InChI is InChI=1S/C15H25N3S2/c1-3-7-16-12-5-4-6-13-14(12)20-15(17-13)18-8-9-19-11(2)10-18/h11-12,16H,3-10H2,1-2H3. The predicted octanol–water partition coefficient (Wildman–Crippen LogP) is 3.46. The molecule has 1 aromatic heterocycles. The minimum Gasteiger partial charge on any atom is -0.346 e. The summed E-state index contributed by atoms with van der Waals surface area (Å²) in [6.07, 6.45) is 4.94. The zero-order valence-corrected chi connectivity index (χ0v) is 14.2. The van der Waals surface area contributed by atoms with Gasteiger partial charge in [-0.15, -0.1) is 0 Å². The summed E-state index contributed by atoms with van der Waals surface area (Å²) in [5.74, 6) is 1.24. The van der Waals surface area contributed by atoms with Crippen molar-refractivity contribution in [2.24, 2.45) is 0 Å². The van der Waals surface area contributed by atoms with Crippen molar-refractivity contribution in [2.75, 3.05) is 30.3 Å². The topological polar surface area (TPSA) is 28.2 Å². The average molecular weight is 312 g/mol. The van der Waals surface area contributed by atoms with Gasteiger partial charge in [0.05, 0.1) is 5.69 Å². The van der Waals surface area contributed by atoms with Crippen LogP contribution in [0, 0.1) is 0 Å². The number of hydrogen-bond donors (Lipinski definition) is 1. The molecule has 3 rings (SSSR count).